The third-order valence-corrected chi connectivity index (χ3v) is 4.88. The minimum atomic E-state index is 0.0728. The molecule has 4 heterocycles. The van der Waals surface area contributed by atoms with Gasteiger partial charge >= 0.3 is 0 Å². The van der Waals surface area contributed by atoms with Gasteiger partial charge in [0, 0.05) is 43.9 Å². The van der Waals surface area contributed by atoms with Crippen molar-refractivity contribution in [2.75, 3.05) is 24.5 Å². The number of rotatable bonds is 3. The Bertz CT molecular complexity index is 691. The highest BCUT2D eigenvalue weighted by atomic mass is 16.2. The smallest absolute Gasteiger partial charge is 0.228 e. The standard InChI is InChI=1S/C18H20N4O/c23-17-11-18(14-22(17)16-6-2-4-9-20-16)7-10-21(13-18)12-15-5-1-3-8-19-15/h1-6,8-9H,7,10-14H2/t18-/m0/s1. The van der Waals surface area contributed by atoms with E-state index in [2.05, 4.69) is 20.9 Å². The highest BCUT2D eigenvalue weighted by molar-refractivity contribution is 5.95. The van der Waals surface area contributed by atoms with Crippen molar-refractivity contribution in [2.24, 2.45) is 5.41 Å². The van der Waals surface area contributed by atoms with Crippen LogP contribution in [0.4, 0.5) is 5.82 Å². The third-order valence-electron chi connectivity index (χ3n) is 4.88. The summed E-state index contributed by atoms with van der Waals surface area (Å²) in [6, 6.07) is 11.8. The maximum absolute atomic E-state index is 12.5. The van der Waals surface area contributed by atoms with Crippen molar-refractivity contribution in [3.05, 3.63) is 54.5 Å². The molecule has 0 radical (unpaired) electrons. The summed E-state index contributed by atoms with van der Waals surface area (Å²) in [4.78, 5) is 25.5. The highest BCUT2D eigenvalue weighted by Crippen LogP contribution is 2.41. The fourth-order valence-corrected chi connectivity index (χ4v) is 3.77. The molecule has 0 saturated carbocycles. The summed E-state index contributed by atoms with van der Waals surface area (Å²) < 4.78 is 0. The quantitative estimate of drug-likeness (QED) is 0.871. The first-order valence-electron chi connectivity index (χ1n) is 8.08. The van der Waals surface area contributed by atoms with Crippen LogP contribution in [0.5, 0.6) is 0 Å². The number of anilines is 1. The van der Waals surface area contributed by atoms with E-state index in [1.165, 1.54) is 0 Å². The second-order valence-corrected chi connectivity index (χ2v) is 6.63. The molecule has 1 atom stereocenters. The first-order valence-corrected chi connectivity index (χ1v) is 8.08. The van der Waals surface area contributed by atoms with Crippen LogP contribution >= 0.6 is 0 Å². The number of hydrogen-bond donors (Lipinski definition) is 0. The lowest BCUT2D eigenvalue weighted by atomic mass is 9.86. The highest BCUT2D eigenvalue weighted by Gasteiger charge is 2.47. The second-order valence-electron chi connectivity index (χ2n) is 6.63. The van der Waals surface area contributed by atoms with E-state index in [1.807, 2.05) is 41.4 Å². The molecule has 4 rings (SSSR count). The topological polar surface area (TPSA) is 49.3 Å². The van der Waals surface area contributed by atoms with E-state index in [9.17, 15) is 4.79 Å². The first kappa shape index (κ1) is 14.3. The summed E-state index contributed by atoms with van der Waals surface area (Å²) in [7, 11) is 0. The van der Waals surface area contributed by atoms with Crippen LogP contribution in [0.3, 0.4) is 0 Å². The van der Waals surface area contributed by atoms with Gasteiger partial charge in [0.15, 0.2) is 0 Å². The minimum Gasteiger partial charge on any atom is -0.297 e. The maximum Gasteiger partial charge on any atom is 0.228 e. The van der Waals surface area contributed by atoms with Gasteiger partial charge in [-0.3, -0.25) is 19.6 Å². The van der Waals surface area contributed by atoms with E-state index < -0.39 is 0 Å². The van der Waals surface area contributed by atoms with Crippen LogP contribution in [-0.4, -0.2) is 40.4 Å². The molecule has 0 unspecified atom stereocenters. The van der Waals surface area contributed by atoms with Crippen molar-refractivity contribution in [3.63, 3.8) is 0 Å². The molecule has 1 amide bonds. The molecule has 2 aliphatic heterocycles. The summed E-state index contributed by atoms with van der Waals surface area (Å²) in [6.45, 7) is 3.63. The van der Waals surface area contributed by atoms with E-state index in [-0.39, 0.29) is 11.3 Å². The molecule has 2 fully saturated rings. The molecule has 0 aliphatic carbocycles. The van der Waals surface area contributed by atoms with Gasteiger partial charge in [-0.15, -0.1) is 0 Å². The lowest BCUT2D eigenvalue weighted by Gasteiger charge is -2.23. The monoisotopic (exact) mass is 308 g/mol. The van der Waals surface area contributed by atoms with Gasteiger partial charge in [-0.25, -0.2) is 4.98 Å². The van der Waals surface area contributed by atoms with Crippen LogP contribution in [0.15, 0.2) is 48.8 Å². The molecule has 2 saturated heterocycles. The Hall–Kier alpha value is -2.27. The number of carbonyl (C=O) groups is 1. The van der Waals surface area contributed by atoms with Gasteiger partial charge in [0.25, 0.3) is 0 Å². The predicted molar refractivity (Wildman–Crippen MR) is 87.8 cm³/mol. The zero-order valence-corrected chi connectivity index (χ0v) is 13.1. The fourth-order valence-electron chi connectivity index (χ4n) is 3.77. The molecule has 0 N–H and O–H groups in total. The number of likely N-dealkylation sites (tertiary alicyclic amines) is 1. The molecular formula is C18H20N4O. The Labute approximate surface area is 136 Å². The summed E-state index contributed by atoms with van der Waals surface area (Å²) in [5.74, 6) is 0.973. The normalized spacial score (nSPS) is 24.7. The van der Waals surface area contributed by atoms with Crippen LogP contribution in [0, 0.1) is 5.41 Å². The summed E-state index contributed by atoms with van der Waals surface area (Å²) >= 11 is 0. The molecule has 5 nitrogen and oxygen atoms in total. The Morgan fingerprint density at radius 2 is 1.87 bits per heavy atom. The van der Waals surface area contributed by atoms with E-state index in [0.29, 0.717) is 6.42 Å². The summed E-state index contributed by atoms with van der Waals surface area (Å²) in [5, 5.41) is 0. The molecule has 118 valence electrons. The summed E-state index contributed by atoms with van der Waals surface area (Å²) in [6.07, 6.45) is 5.27. The average Bonchev–Trinajstić information content (AvgIpc) is 3.12. The first-order chi connectivity index (χ1) is 11.2. The van der Waals surface area contributed by atoms with Crippen LogP contribution in [-0.2, 0) is 11.3 Å². The predicted octanol–water partition coefficient (Wildman–Crippen LogP) is 2.11. The van der Waals surface area contributed by atoms with Gasteiger partial charge in [0.1, 0.15) is 5.82 Å². The number of pyridine rings is 2. The van der Waals surface area contributed by atoms with Crippen molar-refractivity contribution < 1.29 is 4.79 Å². The average molecular weight is 308 g/mol. The van der Waals surface area contributed by atoms with Crippen molar-refractivity contribution in [3.8, 4) is 0 Å². The molecule has 0 aromatic carbocycles. The largest absolute Gasteiger partial charge is 0.297 e. The zero-order valence-electron chi connectivity index (χ0n) is 13.1. The lowest BCUT2D eigenvalue weighted by molar-refractivity contribution is -0.117. The van der Waals surface area contributed by atoms with E-state index in [1.54, 1.807) is 6.20 Å². The number of carbonyl (C=O) groups excluding carboxylic acids is 1. The molecule has 2 aromatic rings. The van der Waals surface area contributed by atoms with Gasteiger partial charge in [-0.1, -0.05) is 12.1 Å². The van der Waals surface area contributed by atoms with E-state index in [4.69, 9.17) is 0 Å². The van der Waals surface area contributed by atoms with E-state index >= 15 is 0 Å². The van der Waals surface area contributed by atoms with Crippen LogP contribution in [0.2, 0.25) is 0 Å². The fraction of sp³-hybridized carbons (Fsp3) is 0.389. The number of amides is 1. The van der Waals surface area contributed by atoms with Crippen molar-refractivity contribution in [1.29, 1.82) is 0 Å². The van der Waals surface area contributed by atoms with Gasteiger partial charge in [-0.05, 0) is 37.2 Å². The van der Waals surface area contributed by atoms with Gasteiger partial charge < -0.3 is 0 Å². The van der Waals surface area contributed by atoms with Crippen LogP contribution < -0.4 is 4.90 Å². The minimum absolute atomic E-state index is 0.0728. The van der Waals surface area contributed by atoms with Gasteiger partial charge in [-0.2, -0.15) is 0 Å². The SMILES string of the molecule is O=C1C[C@]2(CCN(Cc3ccccn3)C2)CN1c1ccccn1. The maximum atomic E-state index is 12.5. The second kappa shape index (κ2) is 5.74. The number of aromatic nitrogens is 2. The lowest BCUT2D eigenvalue weighted by Crippen LogP contribution is -2.31. The molecule has 5 heteroatoms. The van der Waals surface area contributed by atoms with Crippen molar-refractivity contribution in [1.82, 2.24) is 14.9 Å². The number of nitrogens with zero attached hydrogens (tertiary/aromatic N) is 4. The van der Waals surface area contributed by atoms with Crippen LogP contribution in [0.1, 0.15) is 18.5 Å². The molecule has 2 aliphatic rings. The molecular weight excluding hydrogens is 288 g/mol. The Morgan fingerprint density at radius 1 is 1.04 bits per heavy atom. The molecule has 23 heavy (non-hydrogen) atoms. The third kappa shape index (κ3) is 2.84. The Morgan fingerprint density at radius 3 is 2.61 bits per heavy atom. The number of hydrogen-bond acceptors (Lipinski definition) is 4. The Kier molecular flexibility index (Phi) is 3.58. The van der Waals surface area contributed by atoms with Gasteiger partial charge in [0.2, 0.25) is 5.91 Å². The van der Waals surface area contributed by atoms with Gasteiger partial charge in [0.05, 0.1) is 5.69 Å². The van der Waals surface area contributed by atoms with E-state index in [0.717, 1.165) is 44.1 Å². The van der Waals surface area contributed by atoms with Crippen molar-refractivity contribution in [2.45, 2.75) is 19.4 Å². The molecule has 1 spiro atoms. The summed E-state index contributed by atoms with van der Waals surface area (Å²) in [5.41, 5.74) is 1.17. The van der Waals surface area contributed by atoms with Crippen LogP contribution in [0.25, 0.3) is 0 Å². The zero-order chi connectivity index (χ0) is 15.7. The molecule has 2 aromatic heterocycles. The molecule has 0 bridgehead atoms. The van der Waals surface area contributed by atoms with Crippen molar-refractivity contribution >= 4 is 11.7 Å². The Balaban J connectivity index is 1.45.